The number of nitrogens with zero attached hydrogens (tertiary/aromatic N) is 2. The molecule has 0 bridgehead atoms. The highest BCUT2D eigenvalue weighted by Gasteiger charge is 2.08. The summed E-state index contributed by atoms with van der Waals surface area (Å²) in [5.41, 5.74) is 1.40. The topological polar surface area (TPSA) is 56.0 Å². The van der Waals surface area contributed by atoms with Gasteiger partial charge in [0.05, 0.1) is 10.6 Å². The van der Waals surface area contributed by atoms with Crippen LogP contribution in [0.15, 0.2) is 60.9 Å². The Labute approximate surface area is 110 Å². The second-order valence-corrected chi connectivity index (χ2v) is 3.80. The predicted octanol–water partition coefficient (Wildman–Crippen LogP) is 3.70. The van der Waals surface area contributed by atoms with E-state index in [0.29, 0.717) is 11.3 Å². The molecule has 1 aliphatic carbocycles. The Hall–Kier alpha value is -2.75. The average Bonchev–Trinajstić information content (AvgIpc) is 2.39. The van der Waals surface area contributed by atoms with E-state index in [9.17, 15) is 10.1 Å². The number of rotatable bonds is 1. The molecule has 0 saturated heterocycles. The molecule has 4 nitrogen and oxygen atoms in total. The van der Waals surface area contributed by atoms with Crippen molar-refractivity contribution in [2.45, 2.75) is 0 Å². The van der Waals surface area contributed by atoms with E-state index in [2.05, 4.69) is 4.98 Å². The van der Waals surface area contributed by atoms with Gasteiger partial charge in [0.1, 0.15) is 6.20 Å². The van der Waals surface area contributed by atoms with Gasteiger partial charge in [-0.2, -0.15) is 0 Å². The smallest absolute Gasteiger partial charge is 0.258 e. The summed E-state index contributed by atoms with van der Waals surface area (Å²) in [4.78, 5) is 14.4. The van der Waals surface area contributed by atoms with Crippen LogP contribution in [0.5, 0.6) is 0 Å². The molecule has 0 aliphatic heterocycles. The Balaban J connectivity index is 2.46. The van der Waals surface area contributed by atoms with Crippen molar-refractivity contribution in [1.29, 1.82) is 0 Å². The molecule has 0 atom stereocenters. The maximum absolute atomic E-state index is 10.8. The van der Waals surface area contributed by atoms with Gasteiger partial charge < -0.3 is 0 Å². The molecule has 1 heterocycles. The van der Waals surface area contributed by atoms with Crippen molar-refractivity contribution in [2.24, 2.45) is 0 Å². The summed E-state index contributed by atoms with van der Waals surface area (Å²) >= 11 is 0. The van der Waals surface area contributed by atoms with Gasteiger partial charge in [0.25, 0.3) is 5.69 Å². The van der Waals surface area contributed by atoms with Crippen LogP contribution in [-0.4, -0.2) is 9.91 Å². The number of hydrogen-bond donors (Lipinski definition) is 0. The summed E-state index contributed by atoms with van der Waals surface area (Å²) in [6, 6.07) is 1.52. The van der Waals surface area contributed by atoms with Gasteiger partial charge in [-0.1, -0.05) is 54.7 Å². The first-order valence-corrected chi connectivity index (χ1v) is 5.76. The van der Waals surface area contributed by atoms with Crippen molar-refractivity contribution in [2.75, 3.05) is 0 Å². The van der Waals surface area contributed by atoms with Gasteiger partial charge in [0, 0.05) is 11.6 Å². The van der Waals surface area contributed by atoms with E-state index in [1.807, 2.05) is 54.7 Å². The fraction of sp³-hybridized carbons (Fsp3) is 0. The van der Waals surface area contributed by atoms with Gasteiger partial charge in [0.2, 0.25) is 0 Å². The summed E-state index contributed by atoms with van der Waals surface area (Å²) in [5.74, 6) is 0. The summed E-state index contributed by atoms with van der Waals surface area (Å²) < 4.78 is 0. The molecule has 0 N–H and O–H groups in total. The quantitative estimate of drug-likeness (QED) is 0.565. The highest BCUT2D eigenvalue weighted by atomic mass is 16.6. The zero-order chi connectivity index (χ0) is 13.5. The molecule has 0 amide bonds. The molecule has 0 saturated carbocycles. The Kier molecular flexibility index (Phi) is 4.18. The molecule has 0 radical (unpaired) electrons. The van der Waals surface area contributed by atoms with E-state index in [4.69, 9.17) is 0 Å². The number of hydrogen-bond acceptors (Lipinski definition) is 3. The van der Waals surface area contributed by atoms with E-state index >= 15 is 0 Å². The minimum Gasteiger partial charge on any atom is -0.258 e. The SMILES string of the molecule is O=[N+]([O-])c1cnc2c(c1)\C=C/C=C\C=C/C=C\C=C/2. The molecule has 0 aromatic carbocycles. The van der Waals surface area contributed by atoms with Crippen LogP contribution in [0.1, 0.15) is 11.3 Å². The lowest BCUT2D eigenvalue weighted by atomic mass is 10.1. The molecule has 1 aromatic heterocycles. The molecule has 2 rings (SSSR count). The van der Waals surface area contributed by atoms with Crippen LogP contribution in [0, 0.1) is 10.1 Å². The van der Waals surface area contributed by atoms with Crippen LogP contribution in [0.4, 0.5) is 5.69 Å². The largest absolute Gasteiger partial charge is 0.288 e. The van der Waals surface area contributed by atoms with Crippen LogP contribution in [0.25, 0.3) is 12.2 Å². The van der Waals surface area contributed by atoms with Gasteiger partial charge in [-0.3, -0.25) is 10.1 Å². The fourth-order valence-electron chi connectivity index (χ4n) is 1.54. The van der Waals surface area contributed by atoms with E-state index in [1.54, 1.807) is 6.08 Å². The highest BCUT2D eigenvalue weighted by molar-refractivity contribution is 5.65. The average molecular weight is 252 g/mol. The Morgan fingerprint density at radius 1 is 0.895 bits per heavy atom. The fourth-order valence-corrected chi connectivity index (χ4v) is 1.54. The van der Waals surface area contributed by atoms with Crippen LogP contribution < -0.4 is 0 Å². The third kappa shape index (κ3) is 3.61. The summed E-state index contributed by atoms with van der Waals surface area (Å²) in [6.07, 6.45) is 19.9. The molecule has 1 aromatic rings. The molecule has 0 spiro atoms. The van der Waals surface area contributed by atoms with Gasteiger partial charge in [-0.25, -0.2) is 4.98 Å². The van der Waals surface area contributed by atoms with E-state index in [0.717, 1.165) is 0 Å². The van der Waals surface area contributed by atoms with Gasteiger partial charge >= 0.3 is 0 Å². The molecular weight excluding hydrogens is 240 g/mol. The normalized spacial score (nSPS) is 22.1. The minimum absolute atomic E-state index is 0.0108. The van der Waals surface area contributed by atoms with Gasteiger partial charge in [-0.05, 0) is 6.08 Å². The van der Waals surface area contributed by atoms with Crippen LogP contribution in [-0.2, 0) is 0 Å². The maximum Gasteiger partial charge on any atom is 0.288 e. The zero-order valence-corrected chi connectivity index (χ0v) is 10.1. The van der Waals surface area contributed by atoms with Crippen LogP contribution in [0.2, 0.25) is 0 Å². The van der Waals surface area contributed by atoms with Crippen molar-refractivity contribution in [1.82, 2.24) is 4.98 Å². The predicted molar refractivity (Wildman–Crippen MR) is 76.4 cm³/mol. The molecule has 1 aliphatic rings. The molecule has 0 fully saturated rings. The lowest BCUT2D eigenvalue weighted by Gasteiger charge is -2.00. The van der Waals surface area contributed by atoms with Crippen molar-refractivity contribution >= 4 is 17.8 Å². The molecule has 94 valence electrons. The zero-order valence-electron chi connectivity index (χ0n) is 10.1. The van der Waals surface area contributed by atoms with Crippen molar-refractivity contribution < 1.29 is 4.92 Å². The number of pyridine rings is 1. The van der Waals surface area contributed by atoms with Crippen molar-refractivity contribution in [3.05, 3.63) is 82.2 Å². The third-order valence-corrected chi connectivity index (χ3v) is 2.45. The Morgan fingerprint density at radius 2 is 1.47 bits per heavy atom. The van der Waals surface area contributed by atoms with Crippen molar-refractivity contribution in [3.8, 4) is 0 Å². The maximum atomic E-state index is 10.8. The lowest BCUT2D eigenvalue weighted by Crippen LogP contribution is -1.93. The van der Waals surface area contributed by atoms with Crippen LogP contribution in [0.3, 0.4) is 0 Å². The van der Waals surface area contributed by atoms with Gasteiger partial charge in [0.15, 0.2) is 0 Å². The first-order valence-electron chi connectivity index (χ1n) is 5.76. The molecule has 0 unspecified atom stereocenters. The van der Waals surface area contributed by atoms with E-state index in [-0.39, 0.29) is 5.69 Å². The standard InChI is InChI=1S/C15H12N2O2/c18-17(19)14-11-13-9-7-5-3-1-2-4-6-8-10-15(13)16-12-14/h1-12H/b2-1-,3-1?,4-2?,5-3-,6-4-,7-5?,8-6?,9-7-,10-8-,13-9?,15-10?. The van der Waals surface area contributed by atoms with E-state index < -0.39 is 4.92 Å². The third-order valence-electron chi connectivity index (χ3n) is 2.45. The second-order valence-electron chi connectivity index (χ2n) is 3.80. The first-order chi connectivity index (χ1) is 9.27. The highest BCUT2D eigenvalue weighted by Crippen LogP contribution is 2.18. The molecule has 4 heteroatoms. The Bertz CT molecular complexity index is 623. The number of aromatic nitrogens is 1. The molecular formula is C15H12N2O2. The lowest BCUT2D eigenvalue weighted by molar-refractivity contribution is -0.385. The number of allylic oxidation sites excluding steroid dienone is 8. The summed E-state index contributed by atoms with van der Waals surface area (Å²) in [7, 11) is 0. The van der Waals surface area contributed by atoms with Gasteiger partial charge in [-0.15, -0.1) is 0 Å². The monoisotopic (exact) mass is 252 g/mol. The minimum atomic E-state index is -0.445. The van der Waals surface area contributed by atoms with Crippen molar-refractivity contribution in [3.63, 3.8) is 0 Å². The first kappa shape index (κ1) is 12.7. The van der Waals surface area contributed by atoms with E-state index in [1.165, 1.54) is 12.3 Å². The Morgan fingerprint density at radius 3 is 2.11 bits per heavy atom. The summed E-state index contributed by atoms with van der Waals surface area (Å²) in [6.45, 7) is 0. The second kappa shape index (κ2) is 6.26. The number of fused-ring (bicyclic) bond motifs is 1. The summed E-state index contributed by atoms with van der Waals surface area (Å²) in [5, 5.41) is 10.8. The number of nitro groups is 1. The van der Waals surface area contributed by atoms with Crippen LogP contribution >= 0.6 is 0 Å². The molecule has 19 heavy (non-hydrogen) atoms.